The summed E-state index contributed by atoms with van der Waals surface area (Å²) in [6.07, 6.45) is -0.172. The number of aliphatic carboxylic acids is 1. The van der Waals surface area contributed by atoms with E-state index in [9.17, 15) is 9.90 Å². The molecule has 3 nitrogen and oxygen atoms in total. The molecule has 14 heavy (non-hydrogen) atoms. The smallest absolute Gasteiger partial charge is 0.550 e. The first kappa shape index (κ1) is 11.3. The summed E-state index contributed by atoms with van der Waals surface area (Å²) in [6, 6.07) is 9.10. The molecule has 2 aromatic rings. The monoisotopic (exact) mass is 198 g/mol. The molecule has 1 aromatic heterocycles. The number of carbonyl (C=O) groups excluding carboxylic acids is 1. The molecular formula is C10H7NaO3. The van der Waals surface area contributed by atoms with Crippen molar-refractivity contribution >= 4 is 16.9 Å². The van der Waals surface area contributed by atoms with Crippen LogP contribution in [0.25, 0.3) is 11.0 Å². The number of hydrogen-bond donors (Lipinski definition) is 0. The van der Waals surface area contributed by atoms with Crippen molar-refractivity contribution in [1.82, 2.24) is 0 Å². The van der Waals surface area contributed by atoms with E-state index < -0.39 is 5.97 Å². The van der Waals surface area contributed by atoms with Crippen molar-refractivity contribution in [2.24, 2.45) is 0 Å². The summed E-state index contributed by atoms with van der Waals surface area (Å²) in [5, 5.41) is 11.2. The summed E-state index contributed by atoms with van der Waals surface area (Å²) in [6.45, 7) is 0. The van der Waals surface area contributed by atoms with Crippen molar-refractivity contribution in [3.05, 3.63) is 36.1 Å². The van der Waals surface area contributed by atoms with Crippen molar-refractivity contribution in [1.29, 1.82) is 0 Å². The van der Waals surface area contributed by atoms with Crippen LogP contribution in [0.2, 0.25) is 0 Å². The number of furan rings is 1. The number of hydrogen-bond acceptors (Lipinski definition) is 3. The van der Waals surface area contributed by atoms with Crippen LogP contribution < -0.4 is 34.7 Å². The number of rotatable bonds is 2. The van der Waals surface area contributed by atoms with E-state index in [2.05, 4.69) is 0 Å². The zero-order valence-electron chi connectivity index (χ0n) is 7.82. The van der Waals surface area contributed by atoms with Gasteiger partial charge in [0.05, 0.1) is 0 Å². The fraction of sp³-hybridized carbons (Fsp3) is 0.100. The Morgan fingerprint density at radius 1 is 1.36 bits per heavy atom. The average Bonchev–Trinajstić information content (AvgIpc) is 2.44. The van der Waals surface area contributed by atoms with E-state index in [1.807, 2.05) is 18.2 Å². The number of para-hydroxylation sites is 1. The molecule has 0 radical (unpaired) electrons. The SMILES string of the molecule is O=C([O-])Cc1cc2ccccc2o1.[Na+]. The maximum Gasteiger partial charge on any atom is 1.00 e. The number of carbonyl (C=O) groups is 1. The van der Waals surface area contributed by atoms with Gasteiger partial charge in [-0.1, -0.05) is 18.2 Å². The number of fused-ring (bicyclic) bond motifs is 1. The Balaban J connectivity index is 0.000000980. The number of carboxylic acids is 1. The van der Waals surface area contributed by atoms with Gasteiger partial charge in [-0.2, -0.15) is 0 Å². The molecule has 0 spiro atoms. The van der Waals surface area contributed by atoms with E-state index in [4.69, 9.17) is 4.42 Å². The van der Waals surface area contributed by atoms with E-state index in [1.54, 1.807) is 12.1 Å². The van der Waals surface area contributed by atoms with E-state index in [0.29, 0.717) is 11.3 Å². The van der Waals surface area contributed by atoms with Gasteiger partial charge in [0.25, 0.3) is 0 Å². The normalized spacial score (nSPS) is 9.71. The maximum atomic E-state index is 10.3. The molecule has 4 heteroatoms. The first-order valence-corrected chi connectivity index (χ1v) is 3.93. The van der Waals surface area contributed by atoms with Crippen LogP contribution in [0.15, 0.2) is 34.7 Å². The van der Waals surface area contributed by atoms with Gasteiger partial charge in [-0.15, -0.1) is 0 Å². The zero-order valence-corrected chi connectivity index (χ0v) is 9.82. The summed E-state index contributed by atoms with van der Waals surface area (Å²) < 4.78 is 5.26. The second kappa shape index (κ2) is 4.64. The minimum absolute atomic E-state index is 0. The van der Waals surface area contributed by atoms with Crippen LogP contribution in [0.3, 0.4) is 0 Å². The largest absolute Gasteiger partial charge is 1.00 e. The Kier molecular flexibility index (Phi) is 3.75. The van der Waals surface area contributed by atoms with Gasteiger partial charge in [-0.05, 0) is 12.1 Å². The van der Waals surface area contributed by atoms with E-state index in [0.717, 1.165) is 5.39 Å². The van der Waals surface area contributed by atoms with Crippen molar-refractivity contribution < 1.29 is 43.9 Å². The third-order valence-corrected chi connectivity index (χ3v) is 1.80. The molecule has 2 rings (SSSR count). The van der Waals surface area contributed by atoms with Crippen LogP contribution in [0.4, 0.5) is 0 Å². The minimum Gasteiger partial charge on any atom is -0.550 e. The Morgan fingerprint density at radius 3 is 2.71 bits per heavy atom. The Bertz CT molecular complexity index is 414. The van der Waals surface area contributed by atoms with Gasteiger partial charge < -0.3 is 14.3 Å². The summed E-state index contributed by atoms with van der Waals surface area (Å²) in [5.41, 5.74) is 0.707. The molecule has 1 aromatic carbocycles. The number of carboxylic acid groups (broad SMARTS) is 1. The molecule has 0 aliphatic heterocycles. The molecule has 0 fully saturated rings. The molecule has 0 saturated heterocycles. The van der Waals surface area contributed by atoms with E-state index in [-0.39, 0.29) is 36.0 Å². The van der Waals surface area contributed by atoms with Crippen molar-refractivity contribution in [3.8, 4) is 0 Å². The Morgan fingerprint density at radius 2 is 2.07 bits per heavy atom. The van der Waals surface area contributed by atoms with Crippen molar-refractivity contribution in [3.63, 3.8) is 0 Å². The topological polar surface area (TPSA) is 53.3 Å². The van der Waals surface area contributed by atoms with Crippen molar-refractivity contribution in [2.75, 3.05) is 0 Å². The molecule has 0 aliphatic rings. The van der Waals surface area contributed by atoms with Gasteiger partial charge in [0.15, 0.2) is 0 Å². The van der Waals surface area contributed by atoms with Crippen LogP contribution in [-0.2, 0) is 11.2 Å². The summed E-state index contributed by atoms with van der Waals surface area (Å²) in [7, 11) is 0. The Labute approximate surface area is 103 Å². The zero-order chi connectivity index (χ0) is 9.26. The summed E-state index contributed by atoms with van der Waals surface area (Å²) in [5.74, 6) is -0.694. The van der Waals surface area contributed by atoms with Crippen LogP contribution >= 0.6 is 0 Å². The van der Waals surface area contributed by atoms with Crippen molar-refractivity contribution in [2.45, 2.75) is 6.42 Å². The Hall–Kier alpha value is -0.770. The molecule has 0 N–H and O–H groups in total. The molecular weight excluding hydrogens is 191 g/mol. The van der Waals surface area contributed by atoms with Gasteiger partial charge in [0, 0.05) is 17.8 Å². The molecule has 0 unspecified atom stereocenters. The summed E-state index contributed by atoms with van der Waals surface area (Å²) in [4.78, 5) is 10.3. The second-order valence-electron chi connectivity index (χ2n) is 2.80. The third kappa shape index (κ3) is 2.38. The molecule has 0 saturated carbocycles. The fourth-order valence-electron chi connectivity index (χ4n) is 1.27. The first-order valence-electron chi connectivity index (χ1n) is 3.93. The maximum absolute atomic E-state index is 10.3. The predicted molar refractivity (Wildman–Crippen MR) is 44.9 cm³/mol. The quantitative estimate of drug-likeness (QED) is 0.511. The van der Waals surface area contributed by atoms with Crippen LogP contribution in [-0.4, -0.2) is 5.97 Å². The van der Waals surface area contributed by atoms with Gasteiger partial charge in [0.2, 0.25) is 0 Å². The molecule has 0 amide bonds. The second-order valence-corrected chi connectivity index (χ2v) is 2.80. The van der Waals surface area contributed by atoms with Crippen LogP contribution in [0, 0.1) is 0 Å². The summed E-state index contributed by atoms with van der Waals surface area (Å²) >= 11 is 0. The van der Waals surface area contributed by atoms with Gasteiger partial charge in [-0.25, -0.2) is 0 Å². The first-order chi connectivity index (χ1) is 6.25. The molecule has 1 heterocycles. The molecule has 0 bridgehead atoms. The van der Waals surface area contributed by atoms with Gasteiger partial charge in [-0.3, -0.25) is 0 Å². The van der Waals surface area contributed by atoms with Crippen LogP contribution in [0.5, 0.6) is 0 Å². The molecule has 66 valence electrons. The average molecular weight is 198 g/mol. The van der Waals surface area contributed by atoms with Gasteiger partial charge >= 0.3 is 29.6 Å². The molecule has 0 aliphatic carbocycles. The predicted octanol–water partition coefficient (Wildman–Crippen LogP) is -2.27. The molecule has 0 atom stereocenters. The van der Waals surface area contributed by atoms with E-state index in [1.165, 1.54) is 0 Å². The minimum atomic E-state index is -1.13. The standard InChI is InChI=1S/C10H8O3.Na/c11-10(12)6-8-5-7-3-1-2-4-9(7)13-8;/h1-5H,6H2,(H,11,12);/q;+1/p-1. The number of benzene rings is 1. The fourth-order valence-corrected chi connectivity index (χ4v) is 1.27. The van der Waals surface area contributed by atoms with Crippen LogP contribution in [0.1, 0.15) is 5.76 Å². The third-order valence-electron chi connectivity index (χ3n) is 1.80. The van der Waals surface area contributed by atoms with E-state index >= 15 is 0 Å². The van der Waals surface area contributed by atoms with Gasteiger partial charge in [0.1, 0.15) is 11.3 Å².